The number of fused-ring (bicyclic) bond motifs is 1. The molecule has 5 heteroatoms. The molecule has 2 aromatic rings. The van der Waals surface area contributed by atoms with Crippen molar-refractivity contribution in [2.24, 2.45) is 0 Å². The molecule has 1 aromatic heterocycles. The second-order valence-electron chi connectivity index (χ2n) is 3.97. The second-order valence-corrected chi connectivity index (χ2v) is 4.35. The number of aromatic carboxylic acids is 1. The van der Waals surface area contributed by atoms with Gasteiger partial charge in [0, 0.05) is 11.9 Å². The van der Waals surface area contributed by atoms with Crippen molar-refractivity contribution in [2.75, 3.05) is 0 Å². The third-order valence-electron chi connectivity index (χ3n) is 2.77. The van der Waals surface area contributed by atoms with Crippen LogP contribution in [0, 0.1) is 0 Å². The average Bonchev–Trinajstić information content (AvgIpc) is 2.34. The highest BCUT2D eigenvalue weighted by molar-refractivity contribution is 6.38. The first kappa shape index (κ1) is 12.6. The number of benzene rings is 1. The molecule has 0 unspecified atom stereocenters. The third kappa shape index (κ3) is 1.88. The predicted molar refractivity (Wildman–Crippen MR) is 70.5 cm³/mol. The summed E-state index contributed by atoms with van der Waals surface area (Å²) in [5.41, 5.74) is -0.240. The first-order valence-electron chi connectivity index (χ1n) is 5.62. The van der Waals surface area contributed by atoms with Gasteiger partial charge in [0.25, 0.3) is 5.56 Å². The van der Waals surface area contributed by atoms with Gasteiger partial charge >= 0.3 is 5.97 Å². The Labute approximate surface area is 108 Å². The van der Waals surface area contributed by atoms with Crippen molar-refractivity contribution in [3.8, 4) is 0 Å². The summed E-state index contributed by atoms with van der Waals surface area (Å²) >= 11 is 6.02. The molecule has 0 radical (unpaired) electrons. The number of carboxylic acid groups (broad SMARTS) is 1. The van der Waals surface area contributed by atoms with Gasteiger partial charge in [0.1, 0.15) is 5.56 Å². The Hall–Kier alpha value is -1.81. The third-order valence-corrected chi connectivity index (χ3v) is 3.16. The number of aromatic nitrogens is 1. The van der Waals surface area contributed by atoms with Gasteiger partial charge in [-0.2, -0.15) is 0 Å². The SMILES string of the molecule is CCCn1c(=O)c(C(=O)O)c(Cl)c2ccccc21. The molecule has 0 amide bonds. The Bertz CT molecular complexity index is 676. The van der Waals surface area contributed by atoms with E-state index in [1.54, 1.807) is 24.3 Å². The predicted octanol–water partition coefficient (Wildman–Crippen LogP) is 2.76. The van der Waals surface area contributed by atoms with Gasteiger partial charge < -0.3 is 9.67 Å². The fourth-order valence-electron chi connectivity index (χ4n) is 2.00. The molecule has 0 bridgehead atoms. The van der Waals surface area contributed by atoms with Crippen LogP contribution in [-0.2, 0) is 6.54 Å². The molecule has 1 aromatic carbocycles. The maximum Gasteiger partial charge on any atom is 0.342 e. The van der Waals surface area contributed by atoms with Crippen molar-refractivity contribution in [2.45, 2.75) is 19.9 Å². The summed E-state index contributed by atoms with van der Waals surface area (Å²) in [5.74, 6) is -1.29. The molecular weight excluding hydrogens is 254 g/mol. The van der Waals surface area contributed by atoms with Gasteiger partial charge in [-0.3, -0.25) is 4.79 Å². The molecule has 2 rings (SSSR count). The molecule has 0 aliphatic rings. The highest BCUT2D eigenvalue weighted by Gasteiger charge is 2.19. The van der Waals surface area contributed by atoms with E-state index in [9.17, 15) is 9.59 Å². The van der Waals surface area contributed by atoms with E-state index in [4.69, 9.17) is 16.7 Å². The summed E-state index contributed by atoms with van der Waals surface area (Å²) in [6, 6.07) is 7.05. The number of hydrogen-bond acceptors (Lipinski definition) is 2. The van der Waals surface area contributed by atoms with Gasteiger partial charge in [-0.1, -0.05) is 36.7 Å². The molecule has 18 heavy (non-hydrogen) atoms. The molecular formula is C13H12ClNO3. The van der Waals surface area contributed by atoms with Crippen molar-refractivity contribution in [1.82, 2.24) is 4.57 Å². The minimum Gasteiger partial charge on any atom is -0.477 e. The van der Waals surface area contributed by atoms with Crippen LogP contribution < -0.4 is 5.56 Å². The normalized spacial score (nSPS) is 10.8. The topological polar surface area (TPSA) is 59.3 Å². The van der Waals surface area contributed by atoms with Crippen molar-refractivity contribution >= 4 is 28.5 Å². The lowest BCUT2D eigenvalue weighted by Crippen LogP contribution is -2.27. The smallest absolute Gasteiger partial charge is 0.342 e. The van der Waals surface area contributed by atoms with Crippen LogP contribution in [-0.4, -0.2) is 15.6 Å². The first-order chi connectivity index (χ1) is 8.57. The highest BCUT2D eigenvalue weighted by Crippen LogP contribution is 2.25. The standard InChI is InChI=1S/C13H12ClNO3/c1-2-7-15-9-6-4-3-5-8(9)11(14)10(12(15)16)13(17)18/h3-6H,2,7H2,1H3,(H,17,18). The lowest BCUT2D eigenvalue weighted by atomic mass is 10.1. The molecule has 0 aliphatic carbocycles. The van der Waals surface area contributed by atoms with Gasteiger partial charge in [0.15, 0.2) is 0 Å². The Morgan fingerprint density at radius 3 is 2.67 bits per heavy atom. The number of rotatable bonds is 3. The zero-order chi connectivity index (χ0) is 13.3. The average molecular weight is 266 g/mol. The summed E-state index contributed by atoms with van der Waals surface area (Å²) in [7, 11) is 0. The summed E-state index contributed by atoms with van der Waals surface area (Å²) in [5, 5.41) is 9.70. The molecule has 94 valence electrons. The number of pyridine rings is 1. The van der Waals surface area contributed by atoms with E-state index in [-0.39, 0.29) is 10.6 Å². The minimum atomic E-state index is -1.29. The van der Waals surface area contributed by atoms with Crippen molar-refractivity contribution in [3.05, 3.63) is 45.2 Å². The van der Waals surface area contributed by atoms with Crippen LogP contribution in [0.15, 0.2) is 29.1 Å². The highest BCUT2D eigenvalue weighted by atomic mass is 35.5. The van der Waals surface area contributed by atoms with Crippen molar-refractivity contribution in [3.63, 3.8) is 0 Å². The zero-order valence-electron chi connectivity index (χ0n) is 9.81. The Morgan fingerprint density at radius 1 is 1.39 bits per heavy atom. The maximum atomic E-state index is 12.1. The minimum absolute atomic E-state index is 0.00968. The molecule has 0 atom stereocenters. The summed E-state index contributed by atoms with van der Waals surface area (Å²) < 4.78 is 1.46. The van der Waals surface area contributed by atoms with Crippen LogP contribution in [0.3, 0.4) is 0 Å². The maximum absolute atomic E-state index is 12.1. The lowest BCUT2D eigenvalue weighted by molar-refractivity contribution is 0.0694. The van der Waals surface area contributed by atoms with Crippen LogP contribution in [0.2, 0.25) is 5.02 Å². The summed E-state index contributed by atoms with van der Waals surface area (Å²) in [4.78, 5) is 23.3. The molecule has 0 saturated carbocycles. The number of carboxylic acids is 1. The van der Waals surface area contributed by atoms with Crippen molar-refractivity contribution < 1.29 is 9.90 Å². The van der Waals surface area contributed by atoms with Gasteiger partial charge in [0.05, 0.1) is 10.5 Å². The lowest BCUT2D eigenvalue weighted by Gasteiger charge is -2.12. The van der Waals surface area contributed by atoms with Gasteiger partial charge in [0.2, 0.25) is 0 Å². The molecule has 4 nitrogen and oxygen atoms in total. The summed E-state index contributed by atoms with van der Waals surface area (Å²) in [6.07, 6.45) is 0.741. The van der Waals surface area contributed by atoms with E-state index >= 15 is 0 Å². The monoisotopic (exact) mass is 265 g/mol. The molecule has 1 heterocycles. The number of para-hydroxylation sites is 1. The van der Waals surface area contributed by atoms with Crippen LogP contribution >= 0.6 is 11.6 Å². The quantitative estimate of drug-likeness (QED) is 0.928. The summed E-state index contributed by atoms with van der Waals surface area (Å²) in [6.45, 7) is 2.40. The van der Waals surface area contributed by atoms with Crippen LogP contribution in [0.4, 0.5) is 0 Å². The fourth-order valence-corrected chi connectivity index (χ4v) is 2.32. The van der Waals surface area contributed by atoms with Crippen molar-refractivity contribution in [1.29, 1.82) is 0 Å². The van der Waals surface area contributed by atoms with Crippen LogP contribution in [0.5, 0.6) is 0 Å². The number of carbonyl (C=O) groups is 1. The Kier molecular flexibility index (Phi) is 3.39. The largest absolute Gasteiger partial charge is 0.477 e. The molecule has 0 saturated heterocycles. The molecule has 1 N–H and O–H groups in total. The Morgan fingerprint density at radius 2 is 2.06 bits per heavy atom. The van der Waals surface area contributed by atoms with E-state index in [1.165, 1.54) is 4.57 Å². The van der Waals surface area contributed by atoms with Gasteiger partial charge in [-0.05, 0) is 12.5 Å². The van der Waals surface area contributed by atoms with E-state index in [0.717, 1.165) is 6.42 Å². The first-order valence-corrected chi connectivity index (χ1v) is 6.00. The van der Waals surface area contributed by atoms with E-state index in [2.05, 4.69) is 0 Å². The number of halogens is 1. The molecule has 0 spiro atoms. The molecule has 0 fully saturated rings. The molecule has 0 aliphatic heterocycles. The van der Waals surface area contributed by atoms with Gasteiger partial charge in [-0.15, -0.1) is 0 Å². The number of hydrogen-bond donors (Lipinski definition) is 1. The van der Waals surface area contributed by atoms with E-state index in [1.807, 2.05) is 6.92 Å². The van der Waals surface area contributed by atoms with Gasteiger partial charge in [-0.25, -0.2) is 4.79 Å². The number of aryl methyl sites for hydroxylation is 1. The number of nitrogens with zero attached hydrogens (tertiary/aromatic N) is 1. The van der Waals surface area contributed by atoms with Crippen LogP contribution in [0.25, 0.3) is 10.9 Å². The second kappa shape index (κ2) is 4.82. The van der Waals surface area contributed by atoms with E-state index < -0.39 is 11.5 Å². The zero-order valence-corrected chi connectivity index (χ0v) is 10.6. The van der Waals surface area contributed by atoms with Crippen LogP contribution in [0.1, 0.15) is 23.7 Å². The Balaban J connectivity index is 2.96. The fraction of sp³-hybridized carbons (Fsp3) is 0.231. The van der Waals surface area contributed by atoms with E-state index in [0.29, 0.717) is 17.4 Å².